The molecular formula is C14H26N4. The van der Waals surface area contributed by atoms with Crippen LogP contribution in [0.1, 0.15) is 45.0 Å². The maximum absolute atomic E-state index is 4.54. The molecule has 0 spiro atoms. The minimum atomic E-state index is 0.440. The highest BCUT2D eigenvalue weighted by Crippen LogP contribution is 2.14. The highest BCUT2D eigenvalue weighted by atomic mass is 15.2. The molecule has 18 heavy (non-hydrogen) atoms. The van der Waals surface area contributed by atoms with E-state index in [9.17, 15) is 0 Å². The molecule has 0 fully saturated rings. The number of likely N-dealkylation sites (N-methyl/N-ethyl adjacent to an activating group) is 1. The second-order valence-electron chi connectivity index (χ2n) is 4.87. The van der Waals surface area contributed by atoms with E-state index in [0.717, 1.165) is 43.5 Å². The van der Waals surface area contributed by atoms with Gasteiger partial charge in [-0.2, -0.15) is 0 Å². The average Bonchev–Trinajstić information content (AvgIpc) is 2.34. The van der Waals surface area contributed by atoms with Crippen molar-refractivity contribution in [3.05, 3.63) is 17.5 Å². The van der Waals surface area contributed by atoms with Crippen LogP contribution in [0.3, 0.4) is 0 Å². The Morgan fingerprint density at radius 2 is 1.89 bits per heavy atom. The van der Waals surface area contributed by atoms with Crippen molar-refractivity contribution in [2.24, 2.45) is 0 Å². The van der Waals surface area contributed by atoms with Gasteiger partial charge in [-0.3, -0.25) is 0 Å². The Labute approximate surface area is 111 Å². The van der Waals surface area contributed by atoms with Crippen LogP contribution < -0.4 is 5.32 Å². The highest BCUT2D eigenvalue weighted by Gasteiger charge is 2.06. The molecule has 1 aromatic rings. The van der Waals surface area contributed by atoms with E-state index >= 15 is 0 Å². The van der Waals surface area contributed by atoms with Crippen LogP contribution >= 0.6 is 0 Å². The average molecular weight is 250 g/mol. The SMILES string of the molecule is CCN(CC)CCNc1nc(C)cc(C(C)C)n1. The standard InChI is InChI=1S/C14H26N4/c1-6-18(7-2)9-8-15-14-16-12(5)10-13(17-14)11(3)4/h10-11H,6-9H2,1-5H3,(H,15,16,17). The van der Waals surface area contributed by atoms with Crippen molar-refractivity contribution in [1.29, 1.82) is 0 Å². The van der Waals surface area contributed by atoms with Crippen LogP contribution in [0.25, 0.3) is 0 Å². The summed E-state index contributed by atoms with van der Waals surface area (Å²) in [5.74, 6) is 1.20. The molecule has 102 valence electrons. The van der Waals surface area contributed by atoms with Crippen LogP contribution in [-0.4, -0.2) is 41.0 Å². The first-order valence-corrected chi connectivity index (χ1v) is 6.88. The second-order valence-corrected chi connectivity index (χ2v) is 4.87. The maximum Gasteiger partial charge on any atom is 0.223 e. The van der Waals surface area contributed by atoms with E-state index in [4.69, 9.17) is 0 Å². The fraction of sp³-hybridized carbons (Fsp3) is 0.714. The van der Waals surface area contributed by atoms with E-state index < -0.39 is 0 Å². The number of hydrogen-bond acceptors (Lipinski definition) is 4. The van der Waals surface area contributed by atoms with Crippen LogP contribution in [0.4, 0.5) is 5.95 Å². The van der Waals surface area contributed by atoms with E-state index in [0.29, 0.717) is 5.92 Å². The zero-order valence-electron chi connectivity index (χ0n) is 12.3. The number of nitrogens with one attached hydrogen (secondary N) is 1. The van der Waals surface area contributed by atoms with Crippen molar-refractivity contribution < 1.29 is 0 Å². The number of rotatable bonds is 7. The molecule has 0 radical (unpaired) electrons. The predicted molar refractivity (Wildman–Crippen MR) is 77.1 cm³/mol. The summed E-state index contributed by atoms with van der Waals surface area (Å²) in [7, 11) is 0. The van der Waals surface area contributed by atoms with Crippen molar-refractivity contribution in [2.75, 3.05) is 31.5 Å². The summed E-state index contributed by atoms with van der Waals surface area (Å²) in [6.07, 6.45) is 0. The van der Waals surface area contributed by atoms with Crippen LogP contribution in [0.2, 0.25) is 0 Å². The molecule has 0 atom stereocenters. The van der Waals surface area contributed by atoms with E-state index in [1.807, 2.05) is 6.92 Å². The van der Waals surface area contributed by atoms with E-state index in [1.54, 1.807) is 0 Å². The molecule has 0 aliphatic carbocycles. The quantitative estimate of drug-likeness (QED) is 0.808. The Hall–Kier alpha value is -1.16. The molecule has 0 amide bonds. The maximum atomic E-state index is 4.54. The number of anilines is 1. The lowest BCUT2D eigenvalue weighted by Gasteiger charge is -2.18. The van der Waals surface area contributed by atoms with Gasteiger partial charge in [0.25, 0.3) is 0 Å². The first-order chi connectivity index (χ1) is 8.56. The Balaban J connectivity index is 2.56. The molecule has 0 aliphatic rings. The minimum absolute atomic E-state index is 0.440. The molecule has 1 heterocycles. The Kier molecular flexibility index (Phi) is 6.05. The van der Waals surface area contributed by atoms with Crippen molar-refractivity contribution in [3.63, 3.8) is 0 Å². The smallest absolute Gasteiger partial charge is 0.223 e. The third-order valence-electron chi connectivity index (χ3n) is 3.07. The molecule has 0 aromatic carbocycles. The molecule has 0 saturated heterocycles. The van der Waals surface area contributed by atoms with Gasteiger partial charge in [0, 0.05) is 24.5 Å². The van der Waals surface area contributed by atoms with Gasteiger partial charge in [-0.05, 0) is 32.0 Å². The Morgan fingerprint density at radius 1 is 1.22 bits per heavy atom. The van der Waals surface area contributed by atoms with Gasteiger partial charge in [-0.1, -0.05) is 27.7 Å². The second kappa shape index (κ2) is 7.31. The third kappa shape index (κ3) is 4.61. The molecule has 4 nitrogen and oxygen atoms in total. The van der Waals surface area contributed by atoms with Gasteiger partial charge in [-0.15, -0.1) is 0 Å². The zero-order chi connectivity index (χ0) is 13.5. The van der Waals surface area contributed by atoms with Crippen molar-refractivity contribution in [2.45, 2.75) is 40.5 Å². The van der Waals surface area contributed by atoms with Gasteiger partial charge in [0.2, 0.25) is 5.95 Å². The topological polar surface area (TPSA) is 41.0 Å². The lowest BCUT2D eigenvalue weighted by Crippen LogP contribution is -2.29. The molecule has 1 N–H and O–H groups in total. The van der Waals surface area contributed by atoms with E-state index in [2.05, 4.69) is 53.9 Å². The molecule has 0 bridgehead atoms. The summed E-state index contributed by atoms with van der Waals surface area (Å²) in [5.41, 5.74) is 2.13. The highest BCUT2D eigenvalue weighted by molar-refractivity contribution is 5.29. The number of aryl methyl sites for hydroxylation is 1. The van der Waals surface area contributed by atoms with Gasteiger partial charge in [-0.25, -0.2) is 9.97 Å². The summed E-state index contributed by atoms with van der Waals surface area (Å²) in [4.78, 5) is 11.3. The molecule has 1 aromatic heterocycles. The zero-order valence-corrected chi connectivity index (χ0v) is 12.3. The molecule has 1 rings (SSSR count). The van der Waals surface area contributed by atoms with E-state index in [-0.39, 0.29) is 0 Å². The predicted octanol–water partition coefficient (Wildman–Crippen LogP) is 2.66. The van der Waals surface area contributed by atoms with Gasteiger partial charge >= 0.3 is 0 Å². The van der Waals surface area contributed by atoms with E-state index in [1.165, 1.54) is 0 Å². The Bertz CT molecular complexity index is 359. The molecule has 0 aliphatic heterocycles. The summed E-state index contributed by atoms with van der Waals surface area (Å²) in [6, 6.07) is 2.06. The van der Waals surface area contributed by atoms with Gasteiger partial charge in [0.15, 0.2) is 0 Å². The van der Waals surface area contributed by atoms with Crippen LogP contribution in [0.5, 0.6) is 0 Å². The number of hydrogen-bond donors (Lipinski definition) is 1. The molecular weight excluding hydrogens is 224 g/mol. The van der Waals surface area contributed by atoms with Gasteiger partial charge < -0.3 is 10.2 Å². The Morgan fingerprint density at radius 3 is 2.44 bits per heavy atom. The number of aromatic nitrogens is 2. The van der Waals surface area contributed by atoms with Crippen molar-refractivity contribution in [1.82, 2.24) is 14.9 Å². The lowest BCUT2D eigenvalue weighted by atomic mass is 10.1. The minimum Gasteiger partial charge on any atom is -0.353 e. The first-order valence-electron chi connectivity index (χ1n) is 6.88. The van der Waals surface area contributed by atoms with Gasteiger partial charge in [0.05, 0.1) is 0 Å². The van der Waals surface area contributed by atoms with Crippen LogP contribution in [0.15, 0.2) is 6.07 Å². The summed E-state index contributed by atoms with van der Waals surface area (Å²) in [5, 5.41) is 3.32. The van der Waals surface area contributed by atoms with Gasteiger partial charge in [0.1, 0.15) is 0 Å². The van der Waals surface area contributed by atoms with Crippen LogP contribution in [0, 0.1) is 6.92 Å². The fourth-order valence-electron chi connectivity index (χ4n) is 1.83. The summed E-state index contributed by atoms with van der Waals surface area (Å²) >= 11 is 0. The lowest BCUT2D eigenvalue weighted by molar-refractivity contribution is 0.316. The largest absolute Gasteiger partial charge is 0.353 e. The molecule has 0 unspecified atom stereocenters. The summed E-state index contributed by atoms with van der Waals surface area (Å²) < 4.78 is 0. The van der Waals surface area contributed by atoms with Crippen molar-refractivity contribution in [3.8, 4) is 0 Å². The third-order valence-corrected chi connectivity index (χ3v) is 3.07. The van der Waals surface area contributed by atoms with Crippen LogP contribution in [-0.2, 0) is 0 Å². The fourth-order valence-corrected chi connectivity index (χ4v) is 1.83. The molecule has 0 saturated carbocycles. The first kappa shape index (κ1) is 14.9. The number of nitrogens with zero attached hydrogens (tertiary/aromatic N) is 3. The normalized spacial score (nSPS) is 11.3. The summed E-state index contributed by atoms with van der Waals surface area (Å²) in [6.45, 7) is 14.8. The molecule has 4 heteroatoms. The monoisotopic (exact) mass is 250 g/mol. The van der Waals surface area contributed by atoms with Crippen molar-refractivity contribution >= 4 is 5.95 Å².